The molecule has 0 spiro atoms. The first-order valence-electron chi connectivity index (χ1n) is 8.61. The topological polar surface area (TPSA) is 75.3 Å². The van der Waals surface area contributed by atoms with Gasteiger partial charge in [-0.15, -0.1) is 0 Å². The number of hydrogen-bond acceptors (Lipinski definition) is 4. The summed E-state index contributed by atoms with van der Waals surface area (Å²) >= 11 is 0. The van der Waals surface area contributed by atoms with E-state index >= 15 is 0 Å². The molecule has 2 atom stereocenters. The van der Waals surface area contributed by atoms with Crippen LogP contribution in [0.25, 0.3) is 10.9 Å². The van der Waals surface area contributed by atoms with Crippen molar-refractivity contribution in [3.8, 4) is 0 Å². The molecule has 2 aliphatic heterocycles. The maximum Gasteiger partial charge on any atom is 0.274 e. The number of carbonyl (C=O) groups excluding carboxylic acids is 1. The van der Waals surface area contributed by atoms with Gasteiger partial charge >= 0.3 is 0 Å². The Kier molecular flexibility index (Phi) is 4.06. The summed E-state index contributed by atoms with van der Waals surface area (Å²) in [5.41, 5.74) is 1.19. The highest BCUT2D eigenvalue weighted by atomic mass is 16.5. The Morgan fingerprint density at radius 1 is 1.33 bits per heavy atom. The monoisotopic (exact) mass is 327 g/mol. The van der Waals surface area contributed by atoms with E-state index in [1.807, 2.05) is 23.1 Å². The second-order valence-electron chi connectivity index (χ2n) is 6.62. The van der Waals surface area contributed by atoms with Crippen molar-refractivity contribution in [1.82, 2.24) is 14.9 Å². The van der Waals surface area contributed by atoms with Crippen molar-refractivity contribution in [1.29, 1.82) is 0 Å². The number of nitrogens with one attached hydrogen (secondary N) is 1. The Labute approximate surface area is 139 Å². The number of aromatic amines is 1. The maximum atomic E-state index is 12.6. The first-order chi connectivity index (χ1) is 11.7. The average molecular weight is 327 g/mol. The number of likely N-dealkylation sites (tertiary alicyclic amines) is 1. The number of piperidine rings is 1. The van der Waals surface area contributed by atoms with E-state index in [9.17, 15) is 9.59 Å². The highest BCUT2D eigenvalue weighted by Gasteiger charge is 2.32. The smallest absolute Gasteiger partial charge is 0.274 e. The molecule has 0 bridgehead atoms. The van der Waals surface area contributed by atoms with Gasteiger partial charge in [-0.2, -0.15) is 0 Å². The fourth-order valence-electron chi connectivity index (χ4n) is 3.74. The molecule has 2 aromatic heterocycles. The summed E-state index contributed by atoms with van der Waals surface area (Å²) in [6, 6.07) is 5.73. The van der Waals surface area contributed by atoms with E-state index in [0.29, 0.717) is 18.7 Å². The summed E-state index contributed by atoms with van der Waals surface area (Å²) in [5.74, 6) is 0.253. The average Bonchev–Trinajstić information content (AvgIpc) is 3.16. The standard InChI is InChI=1S/C18H21N3O3/c22-17-16-12(4-1-7-19-16)10-14(20-17)13-5-2-8-21(11-13)18(23)15-6-3-9-24-15/h1,4,7,10,13,15H,2-3,5-6,8-9,11H2,(H,20,22). The van der Waals surface area contributed by atoms with Gasteiger partial charge in [-0.1, -0.05) is 6.07 Å². The molecule has 126 valence electrons. The van der Waals surface area contributed by atoms with Gasteiger partial charge in [-0.3, -0.25) is 14.6 Å². The fourth-order valence-corrected chi connectivity index (χ4v) is 3.74. The molecule has 1 amide bonds. The SMILES string of the molecule is O=C(C1CCCO1)N1CCCC(c2cc3cccnc3c(=O)[nH]2)C1. The second kappa shape index (κ2) is 6.36. The van der Waals surface area contributed by atoms with E-state index < -0.39 is 0 Å². The minimum Gasteiger partial charge on any atom is -0.368 e. The van der Waals surface area contributed by atoms with Crippen LogP contribution in [0.3, 0.4) is 0 Å². The number of hydrogen-bond donors (Lipinski definition) is 1. The number of nitrogens with zero attached hydrogens (tertiary/aromatic N) is 2. The van der Waals surface area contributed by atoms with Crippen LogP contribution < -0.4 is 5.56 Å². The Balaban J connectivity index is 1.57. The minimum atomic E-state index is -0.274. The second-order valence-corrected chi connectivity index (χ2v) is 6.62. The lowest BCUT2D eigenvalue weighted by Gasteiger charge is -2.34. The van der Waals surface area contributed by atoms with Crippen LogP contribution in [0.5, 0.6) is 0 Å². The van der Waals surface area contributed by atoms with Crippen molar-refractivity contribution < 1.29 is 9.53 Å². The lowest BCUT2D eigenvalue weighted by atomic mass is 9.93. The van der Waals surface area contributed by atoms with E-state index in [0.717, 1.165) is 43.3 Å². The number of ether oxygens (including phenoxy) is 1. The summed E-state index contributed by atoms with van der Waals surface area (Å²) in [6.07, 6.45) is 5.04. The van der Waals surface area contributed by atoms with Crippen molar-refractivity contribution in [2.45, 2.75) is 37.7 Å². The quantitative estimate of drug-likeness (QED) is 0.913. The number of rotatable bonds is 2. The molecule has 2 fully saturated rings. The molecule has 24 heavy (non-hydrogen) atoms. The lowest BCUT2D eigenvalue weighted by molar-refractivity contribution is -0.142. The molecular formula is C18H21N3O3. The summed E-state index contributed by atoms with van der Waals surface area (Å²) in [6.45, 7) is 2.09. The number of aromatic nitrogens is 2. The van der Waals surface area contributed by atoms with Crippen LogP contribution in [0.1, 0.15) is 37.3 Å². The van der Waals surface area contributed by atoms with Gasteiger partial charge < -0.3 is 14.6 Å². The molecular weight excluding hydrogens is 306 g/mol. The van der Waals surface area contributed by atoms with Crippen LogP contribution in [0.2, 0.25) is 0 Å². The van der Waals surface area contributed by atoms with E-state index in [1.54, 1.807) is 6.20 Å². The Hall–Kier alpha value is -2.21. The fraction of sp³-hybridized carbons (Fsp3) is 0.500. The zero-order valence-corrected chi connectivity index (χ0v) is 13.5. The van der Waals surface area contributed by atoms with Crippen LogP contribution in [0.15, 0.2) is 29.2 Å². The highest BCUT2D eigenvalue weighted by Crippen LogP contribution is 2.28. The zero-order valence-electron chi connectivity index (χ0n) is 13.5. The predicted molar refractivity (Wildman–Crippen MR) is 89.9 cm³/mol. The normalized spacial score (nSPS) is 24.4. The number of fused-ring (bicyclic) bond motifs is 1. The van der Waals surface area contributed by atoms with E-state index in [1.165, 1.54) is 0 Å². The van der Waals surface area contributed by atoms with Gasteiger partial charge in [0.2, 0.25) is 0 Å². The molecule has 0 radical (unpaired) electrons. The highest BCUT2D eigenvalue weighted by molar-refractivity contribution is 5.81. The molecule has 0 saturated carbocycles. The third kappa shape index (κ3) is 2.82. The van der Waals surface area contributed by atoms with Crippen LogP contribution >= 0.6 is 0 Å². The van der Waals surface area contributed by atoms with Gasteiger partial charge in [0.25, 0.3) is 11.5 Å². The minimum absolute atomic E-state index is 0.0991. The number of pyridine rings is 2. The Morgan fingerprint density at radius 3 is 3.08 bits per heavy atom. The van der Waals surface area contributed by atoms with Gasteiger partial charge in [-0.25, -0.2) is 0 Å². The van der Waals surface area contributed by atoms with Crippen LogP contribution in [-0.2, 0) is 9.53 Å². The summed E-state index contributed by atoms with van der Waals surface area (Å²) in [7, 11) is 0. The van der Waals surface area contributed by atoms with Crippen molar-refractivity contribution in [2.24, 2.45) is 0 Å². The summed E-state index contributed by atoms with van der Waals surface area (Å²) in [4.78, 5) is 33.8. The van der Waals surface area contributed by atoms with Gasteiger partial charge in [-0.05, 0) is 37.8 Å². The van der Waals surface area contributed by atoms with Gasteiger partial charge in [0.1, 0.15) is 11.6 Å². The molecule has 6 nitrogen and oxygen atoms in total. The number of H-pyrrole nitrogens is 1. The van der Waals surface area contributed by atoms with E-state index in [2.05, 4.69) is 9.97 Å². The molecule has 2 saturated heterocycles. The van der Waals surface area contributed by atoms with Crippen molar-refractivity contribution in [2.75, 3.05) is 19.7 Å². The van der Waals surface area contributed by atoms with Gasteiger partial charge in [0, 0.05) is 42.9 Å². The molecule has 0 aliphatic carbocycles. The summed E-state index contributed by atoms with van der Waals surface area (Å²) in [5, 5.41) is 0.846. The Morgan fingerprint density at radius 2 is 2.25 bits per heavy atom. The molecule has 2 aliphatic rings. The van der Waals surface area contributed by atoms with E-state index in [-0.39, 0.29) is 23.5 Å². The van der Waals surface area contributed by atoms with Gasteiger partial charge in [0.05, 0.1) is 0 Å². The van der Waals surface area contributed by atoms with Crippen LogP contribution in [0, 0.1) is 0 Å². The summed E-state index contributed by atoms with van der Waals surface area (Å²) < 4.78 is 5.53. The third-order valence-corrected chi connectivity index (χ3v) is 5.00. The maximum absolute atomic E-state index is 12.6. The Bertz CT molecular complexity index is 811. The van der Waals surface area contributed by atoms with Crippen LogP contribution in [-0.4, -0.2) is 46.6 Å². The van der Waals surface area contributed by atoms with Crippen molar-refractivity contribution in [3.63, 3.8) is 0 Å². The van der Waals surface area contributed by atoms with Gasteiger partial charge in [0.15, 0.2) is 0 Å². The number of carbonyl (C=O) groups is 1. The molecule has 4 heterocycles. The molecule has 0 aromatic carbocycles. The first kappa shape index (κ1) is 15.3. The molecule has 2 unspecified atom stereocenters. The predicted octanol–water partition coefficient (Wildman–Crippen LogP) is 1.81. The van der Waals surface area contributed by atoms with Crippen LogP contribution in [0.4, 0.5) is 0 Å². The first-order valence-corrected chi connectivity index (χ1v) is 8.61. The molecule has 6 heteroatoms. The molecule has 2 aromatic rings. The van der Waals surface area contributed by atoms with Crippen molar-refractivity contribution in [3.05, 3.63) is 40.4 Å². The third-order valence-electron chi connectivity index (χ3n) is 5.00. The lowest BCUT2D eigenvalue weighted by Crippen LogP contribution is -2.44. The van der Waals surface area contributed by atoms with E-state index in [4.69, 9.17) is 4.74 Å². The zero-order chi connectivity index (χ0) is 16.5. The molecule has 4 rings (SSSR count). The number of amides is 1. The molecule has 1 N–H and O–H groups in total. The largest absolute Gasteiger partial charge is 0.368 e. The van der Waals surface area contributed by atoms with Crippen molar-refractivity contribution >= 4 is 16.8 Å².